The summed E-state index contributed by atoms with van der Waals surface area (Å²) >= 11 is 4.43. The summed E-state index contributed by atoms with van der Waals surface area (Å²) in [7, 11) is -9.49. The molecule has 2 aromatic rings. The first-order valence-corrected chi connectivity index (χ1v) is 8.43. The first kappa shape index (κ1) is 23.3. The zero-order valence-corrected chi connectivity index (χ0v) is 18.5. The summed E-state index contributed by atoms with van der Waals surface area (Å²) in [4.78, 5) is 2.47. The van der Waals surface area contributed by atoms with Crippen LogP contribution in [0.15, 0.2) is 45.1 Å². The van der Waals surface area contributed by atoms with Crippen LogP contribution < -0.4 is 59.1 Å². The molecule has 2 rings (SSSR count). The van der Waals surface area contributed by atoms with Crippen molar-refractivity contribution in [3.63, 3.8) is 0 Å². The summed E-state index contributed by atoms with van der Waals surface area (Å²) in [6, 6.07) is 5.25. The molecule has 0 aliphatic heterocycles. The van der Waals surface area contributed by atoms with E-state index in [4.69, 9.17) is 0 Å². The number of hydrogen-bond acceptors (Lipinski definition) is 8. The summed E-state index contributed by atoms with van der Waals surface area (Å²) in [6.07, 6.45) is 0. The minimum atomic E-state index is -4.78. The van der Waals surface area contributed by atoms with Gasteiger partial charge in [-0.2, -0.15) is 4.99 Å². The molecule has 0 saturated heterocycles. The van der Waals surface area contributed by atoms with Gasteiger partial charge >= 0.3 is 59.1 Å². The van der Waals surface area contributed by atoms with Gasteiger partial charge in [-0.15, -0.1) is 0 Å². The van der Waals surface area contributed by atoms with E-state index in [-0.39, 0.29) is 70.2 Å². The fraction of sp³-hybridized carbons (Fsp3) is 0. The molecular weight excluding hydrogens is 384 g/mol. The molecule has 0 heterocycles. The van der Waals surface area contributed by atoms with Crippen molar-refractivity contribution in [3.05, 3.63) is 30.3 Å². The van der Waals surface area contributed by atoms with Crippen LogP contribution in [0.25, 0.3) is 10.8 Å². The van der Waals surface area contributed by atoms with E-state index in [2.05, 4.69) is 17.2 Å². The second-order valence-electron chi connectivity index (χ2n) is 3.94. The van der Waals surface area contributed by atoms with Gasteiger partial charge in [-0.05, 0) is 41.9 Å². The monoisotopic (exact) mass is 389 g/mol. The van der Waals surface area contributed by atoms with Crippen molar-refractivity contribution in [1.29, 1.82) is 0 Å². The van der Waals surface area contributed by atoms with Gasteiger partial charge in [0.1, 0.15) is 20.2 Å². The maximum atomic E-state index is 11.1. The van der Waals surface area contributed by atoms with E-state index in [1.54, 1.807) is 0 Å². The maximum Gasteiger partial charge on any atom is 1.00 e. The molecule has 110 valence electrons. The normalized spacial score (nSPS) is 11.0. The number of fused-ring (bicyclic) bond motifs is 1. The van der Waals surface area contributed by atoms with E-state index in [9.17, 15) is 25.9 Å². The molecular formula is C11H5NNa2O6S3. The first-order chi connectivity index (χ1) is 9.63. The molecule has 7 nitrogen and oxygen atoms in total. The summed E-state index contributed by atoms with van der Waals surface area (Å²) in [5.74, 6) is 0. The van der Waals surface area contributed by atoms with Gasteiger partial charge in [-0.25, -0.2) is 16.8 Å². The molecule has 0 aromatic heterocycles. The number of nitrogens with zero attached hydrogens (tertiary/aromatic N) is 1. The fourth-order valence-corrected chi connectivity index (χ4v) is 2.87. The van der Waals surface area contributed by atoms with Crippen LogP contribution in [0.4, 0.5) is 5.69 Å². The van der Waals surface area contributed by atoms with Gasteiger partial charge in [0.25, 0.3) is 0 Å². The van der Waals surface area contributed by atoms with Crippen LogP contribution in [0, 0.1) is 0 Å². The average Bonchev–Trinajstić information content (AvgIpc) is 2.36. The van der Waals surface area contributed by atoms with Gasteiger partial charge in [0.05, 0.1) is 20.6 Å². The third-order valence-corrected chi connectivity index (χ3v) is 4.35. The Morgan fingerprint density at radius 2 is 1.43 bits per heavy atom. The van der Waals surface area contributed by atoms with Crippen molar-refractivity contribution in [2.45, 2.75) is 9.79 Å². The Morgan fingerprint density at radius 3 is 1.91 bits per heavy atom. The van der Waals surface area contributed by atoms with Crippen LogP contribution in [0.1, 0.15) is 0 Å². The van der Waals surface area contributed by atoms with E-state index < -0.39 is 30.0 Å². The van der Waals surface area contributed by atoms with Crippen LogP contribution in [0.2, 0.25) is 0 Å². The van der Waals surface area contributed by atoms with Gasteiger partial charge in [-0.1, -0.05) is 6.07 Å². The summed E-state index contributed by atoms with van der Waals surface area (Å²) in [5.41, 5.74) is 0.0340. The molecule has 2 aromatic carbocycles. The largest absolute Gasteiger partial charge is 1.00 e. The van der Waals surface area contributed by atoms with Gasteiger partial charge in [0.2, 0.25) is 0 Å². The van der Waals surface area contributed by atoms with E-state index >= 15 is 0 Å². The van der Waals surface area contributed by atoms with E-state index in [1.807, 2.05) is 5.16 Å². The van der Waals surface area contributed by atoms with Crippen LogP contribution in [0.5, 0.6) is 0 Å². The number of aliphatic imine (C=N–C) groups is 1. The second kappa shape index (κ2) is 8.61. The average molecular weight is 389 g/mol. The zero-order valence-electron chi connectivity index (χ0n) is 12.0. The van der Waals surface area contributed by atoms with Gasteiger partial charge in [0, 0.05) is 5.39 Å². The molecule has 12 heteroatoms. The minimum Gasteiger partial charge on any atom is -0.744 e. The summed E-state index contributed by atoms with van der Waals surface area (Å²) in [5, 5.41) is 2.42. The number of hydrogen-bond donors (Lipinski definition) is 0. The molecule has 0 aliphatic rings. The number of rotatable bonds is 3. The predicted molar refractivity (Wildman–Crippen MR) is 74.6 cm³/mol. The maximum absolute atomic E-state index is 11.1. The Labute approximate surface area is 182 Å². The van der Waals surface area contributed by atoms with Crippen molar-refractivity contribution >= 4 is 54.1 Å². The Kier molecular flexibility index (Phi) is 8.73. The minimum absolute atomic E-state index is 0. The van der Waals surface area contributed by atoms with Crippen molar-refractivity contribution < 1.29 is 85.1 Å². The van der Waals surface area contributed by atoms with Crippen LogP contribution in [-0.4, -0.2) is 31.1 Å². The molecule has 0 radical (unpaired) electrons. The molecule has 0 saturated carbocycles. The second-order valence-corrected chi connectivity index (χ2v) is 6.88. The van der Waals surface area contributed by atoms with E-state index in [1.165, 1.54) is 6.07 Å². The molecule has 0 amide bonds. The fourth-order valence-electron chi connectivity index (χ4n) is 1.74. The van der Waals surface area contributed by atoms with Crippen LogP contribution in [0.3, 0.4) is 0 Å². The quantitative estimate of drug-likeness (QED) is 0.224. The third kappa shape index (κ3) is 5.67. The summed E-state index contributed by atoms with van der Waals surface area (Å²) in [6.45, 7) is 0. The molecule has 0 bridgehead atoms. The van der Waals surface area contributed by atoms with Crippen LogP contribution in [-0.2, 0) is 20.2 Å². The standard InChI is InChI=1S/C11H7NO6S3.2Na/c13-20(14,15)8-1-2-10-7(3-8)4-9(21(16,17)18)5-11(10)12-6-19;;/h1-5H,(H,13,14,15)(H,16,17,18);;/q;2*+1/p-2. The van der Waals surface area contributed by atoms with Crippen molar-refractivity contribution in [2.24, 2.45) is 4.99 Å². The molecule has 0 unspecified atom stereocenters. The molecule has 0 aliphatic carbocycles. The zero-order chi connectivity index (χ0) is 15.8. The number of benzene rings is 2. The van der Waals surface area contributed by atoms with Crippen molar-refractivity contribution in [1.82, 2.24) is 0 Å². The SMILES string of the molecule is O=S(=O)([O-])c1ccc2c(N=C=S)cc(S(=O)(=O)[O-])cc2c1.[Na+].[Na+]. The molecule has 0 spiro atoms. The molecule has 23 heavy (non-hydrogen) atoms. The molecule has 0 atom stereocenters. The van der Waals surface area contributed by atoms with Crippen molar-refractivity contribution in [2.75, 3.05) is 0 Å². The third-order valence-electron chi connectivity index (χ3n) is 2.62. The van der Waals surface area contributed by atoms with E-state index in [0.717, 1.165) is 24.3 Å². The Bertz CT molecular complexity index is 993. The van der Waals surface area contributed by atoms with E-state index in [0.29, 0.717) is 5.39 Å². The predicted octanol–water partition coefficient (Wildman–Crippen LogP) is -4.61. The van der Waals surface area contributed by atoms with Gasteiger partial charge in [0.15, 0.2) is 0 Å². The smallest absolute Gasteiger partial charge is 0.744 e. The number of thiocarbonyl (C=S) groups is 1. The topological polar surface area (TPSA) is 127 Å². The molecule has 0 N–H and O–H groups in total. The Balaban J connectivity index is 0.00000242. The Morgan fingerprint density at radius 1 is 0.913 bits per heavy atom. The summed E-state index contributed by atoms with van der Waals surface area (Å²) < 4.78 is 66.2. The first-order valence-electron chi connectivity index (χ1n) is 5.20. The van der Waals surface area contributed by atoms with Gasteiger partial charge in [-0.3, -0.25) is 0 Å². The molecule has 0 fully saturated rings. The van der Waals surface area contributed by atoms with Crippen molar-refractivity contribution in [3.8, 4) is 0 Å². The Hall–Kier alpha value is 0.320. The van der Waals surface area contributed by atoms with Crippen LogP contribution >= 0.6 is 12.2 Å². The number of isothiocyanates is 1. The van der Waals surface area contributed by atoms with Gasteiger partial charge < -0.3 is 9.11 Å².